The van der Waals surface area contributed by atoms with Crippen LogP contribution in [0.25, 0.3) is 0 Å². The number of carbonyl (C=O) groups excluding carboxylic acids is 1. The van der Waals surface area contributed by atoms with Crippen molar-refractivity contribution in [1.29, 1.82) is 0 Å². The Morgan fingerprint density at radius 3 is 2.28 bits per heavy atom. The minimum atomic E-state index is -3.97. The lowest BCUT2D eigenvalue weighted by molar-refractivity contribution is -0.133. The fraction of sp³-hybridized carbons (Fsp3) is 0.292. The molecule has 32 heavy (non-hydrogen) atoms. The number of hydrogen-bond acceptors (Lipinski definition) is 4. The Kier molecular flexibility index (Phi) is 8.17. The van der Waals surface area contributed by atoms with Gasteiger partial charge >= 0.3 is 0 Å². The van der Waals surface area contributed by atoms with Gasteiger partial charge in [0.15, 0.2) is 0 Å². The van der Waals surface area contributed by atoms with Gasteiger partial charge in [0.25, 0.3) is 0 Å². The van der Waals surface area contributed by atoms with Crippen LogP contribution in [0, 0.1) is 5.82 Å². The highest BCUT2D eigenvalue weighted by Gasteiger charge is 2.32. The molecule has 2 aromatic carbocycles. The molecule has 0 saturated heterocycles. The Morgan fingerprint density at radius 2 is 1.69 bits per heavy atom. The van der Waals surface area contributed by atoms with Crippen LogP contribution in [0.5, 0.6) is 0 Å². The second-order valence-electron chi connectivity index (χ2n) is 7.58. The van der Waals surface area contributed by atoms with Crippen molar-refractivity contribution >= 4 is 27.3 Å². The van der Waals surface area contributed by atoms with Gasteiger partial charge in [0.2, 0.25) is 15.9 Å². The Hall–Kier alpha value is -2.55. The summed E-state index contributed by atoms with van der Waals surface area (Å²) in [6.07, 6.45) is 0.539. The molecule has 1 heterocycles. The van der Waals surface area contributed by atoms with Crippen LogP contribution >= 0.6 is 11.3 Å². The smallest absolute Gasteiger partial charge is 0.243 e. The number of carbonyl (C=O) groups is 1. The molecule has 170 valence electrons. The molecule has 5 nitrogen and oxygen atoms in total. The molecule has 0 aliphatic heterocycles. The second kappa shape index (κ2) is 10.8. The van der Waals surface area contributed by atoms with Crippen LogP contribution in [0.1, 0.15) is 30.7 Å². The van der Waals surface area contributed by atoms with E-state index < -0.39 is 21.9 Å². The lowest BCUT2D eigenvalue weighted by Crippen LogP contribution is -2.46. The maximum Gasteiger partial charge on any atom is 0.243 e. The van der Waals surface area contributed by atoms with Crippen molar-refractivity contribution in [3.63, 3.8) is 0 Å². The SMILES string of the molecule is CCC(C)N(CC(=O)N(Cc1ccccc1)Cc1cccs1)S(=O)(=O)c1ccc(F)cc1. The Labute approximate surface area is 193 Å². The van der Waals surface area contributed by atoms with Crippen molar-refractivity contribution in [3.05, 3.63) is 88.4 Å². The summed E-state index contributed by atoms with van der Waals surface area (Å²) in [5.74, 6) is -0.798. The third-order valence-corrected chi connectivity index (χ3v) is 8.13. The molecular weight excluding hydrogens is 447 g/mol. The van der Waals surface area contributed by atoms with Crippen LogP contribution in [0.4, 0.5) is 4.39 Å². The summed E-state index contributed by atoms with van der Waals surface area (Å²) in [5, 5.41) is 1.95. The Balaban J connectivity index is 1.88. The number of hydrogen-bond donors (Lipinski definition) is 0. The lowest BCUT2D eigenvalue weighted by atomic mass is 10.2. The number of rotatable bonds is 10. The molecular formula is C24H27FN2O3S2. The number of halogens is 1. The van der Waals surface area contributed by atoms with E-state index in [9.17, 15) is 17.6 Å². The first-order chi connectivity index (χ1) is 15.3. The summed E-state index contributed by atoms with van der Waals surface area (Å²) in [4.78, 5) is 16.1. The van der Waals surface area contributed by atoms with Crippen LogP contribution in [-0.4, -0.2) is 36.1 Å². The van der Waals surface area contributed by atoms with E-state index in [2.05, 4.69) is 0 Å². The average Bonchev–Trinajstić information content (AvgIpc) is 3.30. The molecule has 1 unspecified atom stereocenters. The van der Waals surface area contributed by atoms with Gasteiger partial charge in [-0.25, -0.2) is 12.8 Å². The molecule has 0 spiro atoms. The third kappa shape index (κ3) is 6.03. The minimum absolute atomic E-state index is 0.0279. The zero-order chi connectivity index (χ0) is 23.1. The number of amides is 1. The van der Waals surface area contributed by atoms with Crippen molar-refractivity contribution in [2.45, 2.75) is 44.3 Å². The first-order valence-electron chi connectivity index (χ1n) is 10.4. The van der Waals surface area contributed by atoms with Gasteiger partial charge in [-0.3, -0.25) is 4.79 Å². The van der Waals surface area contributed by atoms with E-state index in [4.69, 9.17) is 0 Å². The first kappa shape index (κ1) is 24.1. The normalized spacial score (nSPS) is 12.6. The van der Waals surface area contributed by atoms with Gasteiger partial charge in [0.1, 0.15) is 5.82 Å². The van der Waals surface area contributed by atoms with Gasteiger partial charge < -0.3 is 4.90 Å². The second-order valence-corrected chi connectivity index (χ2v) is 10.5. The summed E-state index contributed by atoms with van der Waals surface area (Å²) >= 11 is 1.55. The standard InChI is InChI=1S/C24H27FN2O3S2/c1-3-19(2)27(32(29,30)23-13-11-21(25)12-14-23)18-24(28)26(17-22-10-7-15-31-22)16-20-8-5-4-6-9-20/h4-15,19H,3,16-18H2,1-2H3. The van der Waals surface area contributed by atoms with E-state index in [0.29, 0.717) is 19.5 Å². The van der Waals surface area contributed by atoms with Crippen molar-refractivity contribution in [3.8, 4) is 0 Å². The summed E-state index contributed by atoms with van der Waals surface area (Å²) in [7, 11) is -3.97. The maximum absolute atomic E-state index is 13.4. The highest BCUT2D eigenvalue weighted by molar-refractivity contribution is 7.89. The largest absolute Gasteiger partial charge is 0.332 e. The number of thiophene rings is 1. The summed E-state index contributed by atoms with van der Waals surface area (Å²) in [5.41, 5.74) is 0.967. The van der Waals surface area contributed by atoms with Gasteiger partial charge in [-0.05, 0) is 54.6 Å². The Morgan fingerprint density at radius 1 is 1.00 bits per heavy atom. The van der Waals surface area contributed by atoms with Gasteiger partial charge in [-0.2, -0.15) is 4.31 Å². The predicted octanol–water partition coefficient (Wildman–Crippen LogP) is 4.91. The highest BCUT2D eigenvalue weighted by atomic mass is 32.2. The fourth-order valence-corrected chi connectivity index (χ4v) is 5.66. The molecule has 3 aromatic rings. The van der Waals surface area contributed by atoms with E-state index in [-0.39, 0.29) is 17.3 Å². The molecule has 1 amide bonds. The summed E-state index contributed by atoms with van der Waals surface area (Å²) < 4.78 is 41.2. The van der Waals surface area contributed by atoms with Crippen LogP contribution < -0.4 is 0 Å². The molecule has 0 bridgehead atoms. The van der Waals surface area contributed by atoms with E-state index in [1.165, 1.54) is 16.4 Å². The maximum atomic E-state index is 13.4. The van der Waals surface area contributed by atoms with Crippen molar-refractivity contribution in [2.24, 2.45) is 0 Å². The lowest BCUT2D eigenvalue weighted by Gasteiger charge is -2.30. The molecule has 0 saturated carbocycles. The van der Waals surface area contributed by atoms with Crippen LogP contribution in [-0.2, 0) is 27.9 Å². The first-order valence-corrected chi connectivity index (χ1v) is 12.7. The zero-order valence-electron chi connectivity index (χ0n) is 18.1. The van der Waals surface area contributed by atoms with Crippen molar-refractivity contribution < 1.29 is 17.6 Å². The van der Waals surface area contributed by atoms with Gasteiger partial charge in [-0.1, -0.05) is 43.3 Å². The van der Waals surface area contributed by atoms with Crippen molar-refractivity contribution in [1.82, 2.24) is 9.21 Å². The van der Waals surface area contributed by atoms with E-state index in [1.807, 2.05) is 54.8 Å². The van der Waals surface area contributed by atoms with Gasteiger partial charge in [-0.15, -0.1) is 11.3 Å². The summed E-state index contributed by atoms with van der Waals surface area (Å²) in [6.45, 7) is 4.14. The van der Waals surface area contributed by atoms with Gasteiger partial charge in [0, 0.05) is 17.5 Å². The highest BCUT2D eigenvalue weighted by Crippen LogP contribution is 2.22. The molecule has 0 N–H and O–H groups in total. The number of benzene rings is 2. The minimum Gasteiger partial charge on any atom is -0.332 e. The average molecular weight is 475 g/mol. The molecule has 0 fully saturated rings. The number of nitrogens with zero attached hydrogens (tertiary/aromatic N) is 2. The number of sulfonamides is 1. The van der Waals surface area contributed by atoms with Crippen LogP contribution in [0.3, 0.4) is 0 Å². The topological polar surface area (TPSA) is 57.7 Å². The predicted molar refractivity (Wildman–Crippen MR) is 125 cm³/mol. The van der Waals surface area contributed by atoms with Crippen LogP contribution in [0.15, 0.2) is 77.0 Å². The van der Waals surface area contributed by atoms with Crippen LogP contribution in [0.2, 0.25) is 0 Å². The monoisotopic (exact) mass is 474 g/mol. The molecule has 0 aliphatic rings. The summed E-state index contributed by atoms with van der Waals surface area (Å²) in [6, 6.07) is 17.8. The Bertz CT molecular complexity index is 1100. The molecule has 3 rings (SSSR count). The van der Waals surface area contributed by atoms with E-state index in [1.54, 1.807) is 23.2 Å². The zero-order valence-corrected chi connectivity index (χ0v) is 19.8. The molecule has 0 radical (unpaired) electrons. The molecule has 1 aromatic heterocycles. The van der Waals surface area contributed by atoms with Crippen molar-refractivity contribution in [2.75, 3.05) is 6.54 Å². The third-order valence-electron chi connectivity index (χ3n) is 5.29. The quantitative estimate of drug-likeness (QED) is 0.420. The molecule has 1 atom stereocenters. The van der Waals surface area contributed by atoms with E-state index >= 15 is 0 Å². The fourth-order valence-electron chi connectivity index (χ4n) is 3.28. The molecule has 0 aliphatic carbocycles. The molecule has 8 heteroatoms. The van der Waals surface area contributed by atoms with Gasteiger partial charge in [0.05, 0.1) is 18.0 Å². The van der Waals surface area contributed by atoms with E-state index in [0.717, 1.165) is 22.6 Å².